The molecule has 0 spiro atoms. The van der Waals surface area contributed by atoms with Gasteiger partial charge in [0.2, 0.25) is 0 Å². The Morgan fingerprint density at radius 2 is 2.09 bits per heavy atom. The first-order valence-corrected chi connectivity index (χ1v) is 8.72. The maximum Gasteiger partial charge on any atom is 0.195 e. The third-order valence-corrected chi connectivity index (χ3v) is 4.71. The number of nitrogens with zero attached hydrogens (tertiary/aromatic N) is 3. The molecule has 0 amide bonds. The molecule has 0 fully saturated rings. The van der Waals surface area contributed by atoms with E-state index in [9.17, 15) is 9.18 Å². The van der Waals surface area contributed by atoms with Crippen LogP contribution in [0.2, 0.25) is 0 Å². The van der Waals surface area contributed by atoms with Gasteiger partial charge in [-0.2, -0.15) is 0 Å². The first-order chi connectivity index (χ1) is 11.2. The molecular weight excluding hydrogens is 313 g/mol. The van der Waals surface area contributed by atoms with E-state index in [1.165, 1.54) is 17.8 Å². The molecule has 0 aliphatic carbocycles. The number of ketones is 1. The van der Waals surface area contributed by atoms with Crippen LogP contribution >= 0.6 is 11.8 Å². The van der Waals surface area contributed by atoms with Crippen molar-refractivity contribution in [3.8, 4) is 0 Å². The van der Waals surface area contributed by atoms with Crippen molar-refractivity contribution >= 4 is 23.2 Å². The van der Waals surface area contributed by atoms with Crippen LogP contribution in [0.25, 0.3) is 5.70 Å². The highest BCUT2D eigenvalue weighted by atomic mass is 32.2. The Kier molecular flexibility index (Phi) is 4.91. The predicted molar refractivity (Wildman–Crippen MR) is 88.5 cm³/mol. The molecule has 0 saturated carbocycles. The lowest BCUT2D eigenvalue weighted by atomic mass is 10.2. The second-order valence-corrected chi connectivity index (χ2v) is 6.41. The summed E-state index contributed by atoms with van der Waals surface area (Å²) in [5.41, 5.74) is 1.58. The smallest absolute Gasteiger partial charge is 0.195 e. The van der Waals surface area contributed by atoms with Gasteiger partial charge in [-0.25, -0.2) is 4.39 Å². The minimum Gasteiger partial charge on any atom is -0.295 e. The van der Waals surface area contributed by atoms with E-state index in [1.807, 2.05) is 10.6 Å². The zero-order chi connectivity index (χ0) is 16.2. The molecule has 0 radical (unpaired) electrons. The lowest BCUT2D eigenvalue weighted by Crippen LogP contribution is -2.03. The molecule has 3 rings (SSSR count). The number of aryl methyl sites for hydroxylation is 1. The Bertz CT molecular complexity index is 754. The molecule has 4 nitrogen and oxygen atoms in total. The molecule has 1 aromatic carbocycles. The molecule has 2 aromatic rings. The van der Waals surface area contributed by atoms with Gasteiger partial charge < -0.3 is 0 Å². The maximum absolute atomic E-state index is 13.8. The summed E-state index contributed by atoms with van der Waals surface area (Å²) < 4.78 is 15.7. The van der Waals surface area contributed by atoms with Gasteiger partial charge in [0.1, 0.15) is 11.6 Å². The zero-order valence-electron chi connectivity index (χ0n) is 13.0. The van der Waals surface area contributed by atoms with Gasteiger partial charge in [-0.05, 0) is 18.1 Å². The predicted octanol–water partition coefficient (Wildman–Crippen LogP) is 3.87. The molecule has 0 bridgehead atoms. The van der Waals surface area contributed by atoms with E-state index >= 15 is 0 Å². The van der Waals surface area contributed by atoms with Crippen molar-refractivity contribution in [2.45, 2.75) is 43.5 Å². The van der Waals surface area contributed by atoms with E-state index in [0.29, 0.717) is 24.2 Å². The third-order valence-electron chi connectivity index (χ3n) is 3.73. The van der Waals surface area contributed by atoms with Crippen molar-refractivity contribution in [1.82, 2.24) is 14.8 Å². The van der Waals surface area contributed by atoms with Crippen molar-refractivity contribution in [3.63, 3.8) is 0 Å². The molecule has 0 saturated heterocycles. The fourth-order valence-corrected chi connectivity index (χ4v) is 3.57. The van der Waals surface area contributed by atoms with E-state index in [0.717, 1.165) is 29.5 Å². The van der Waals surface area contributed by atoms with E-state index < -0.39 is 0 Å². The quantitative estimate of drug-likeness (QED) is 0.781. The van der Waals surface area contributed by atoms with Gasteiger partial charge in [-0.1, -0.05) is 43.3 Å². The number of rotatable bonds is 5. The molecule has 6 heteroatoms. The zero-order valence-corrected chi connectivity index (χ0v) is 13.8. The van der Waals surface area contributed by atoms with Crippen molar-refractivity contribution < 1.29 is 9.18 Å². The molecule has 1 aliphatic heterocycles. The van der Waals surface area contributed by atoms with Crippen molar-refractivity contribution in [2.75, 3.05) is 0 Å². The Balaban J connectivity index is 1.87. The summed E-state index contributed by atoms with van der Waals surface area (Å²) in [4.78, 5) is 11.9. The van der Waals surface area contributed by atoms with E-state index in [1.54, 1.807) is 18.2 Å². The number of halogens is 1. The second-order valence-electron chi connectivity index (χ2n) is 5.47. The highest BCUT2D eigenvalue weighted by molar-refractivity contribution is 7.98. The highest BCUT2D eigenvalue weighted by Crippen LogP contribution is 2.29. The minimum atomic E-state index is -0.213. The summed E-state index contributed by atoms with van der Waals surface area (Å²) >= 11 is 1.45. The van der Waals surface area contributed by atoms with Crippen LogP contribution in [0.3, 0.4) is 0 Å². The maximum atomic E-state index is 13.8. The van der Waals surface area contributed by atoms with Crippen LogP contribution in [-0.4, -0.2) is 20.5 Å². The summed E-state index contributed by atoms with van der Waals surface area (Å²) in [6, 6.07) is 6.74. The molecule has 0 atom stereocenters. The number of hydrogen-bond donors (Lipinski definition) is 0. The van der Waals surface area contributed by atoms with Crippen LogP contribution in [0.1, 0.15) is 37.6 Å². The minimum absolute atomic E-state index is 0.129. The van der Waals surface area contributed by atoms with Gasteiger partial charge in [-0.15, -0.1) is 10.2 Å². The van der Waals surface area contributed by atoms with Crippen LogP contribution < -0.4 is 0 Å². The second kappa shape index (κ2) is 7.08. The van der Waals surface area contributed by atoms with Gasteiger partial charge in [0, 0.05) is 30.4 Å². The molecule has 1 aliphatic rings. The number of allylic oxidation sites excluding steroid dienone is 2. The Hall–Kier alpha value is -1.95. The summed E-state index contributed by atoms with van der Waals surface area (Å²) in [6.45, 7) is 2.08. The standard InChI is InChI=1S/C17H18FN3OS/c1-2-5-13-10-14(22)8-9-16-19-20-17(21(13)16)23-11-12-6-3-4-7-15(12)18/h3-4,6-7,10H,2,5,8-9,11H2,1H3. The average molecular weight is 331 g/mol. The molecule has 0 N–H and O–H groups in total. The summed E-state index contributed by atoms with van der Waals surface area (Å²) in [5, 5.41) is 9.19. The van der Waals surface area contributed by atoms with Crippen molar-refractivity contribution in [2.24, 2.45) is 0 Å². The molecule has 23 heavy (non-hydrogen) atoms. The highest BCUT2D eigenvalue weighted by Gasteiger charge is 2.20. The normalized spacial score (nSPS) is 14.3. The van der Waals surface area contributed by atoms with E-state index in [2.05, 4.69) is 17.1 Å². The van der Waals surface area contributed by atoms with Crippen LogP contribution in [0, 0.1) is 5.82 Å². The Morgan fingerprint density at radius 1 is 1.26 bits per heavy atom. The first-order valence-electron chi connectivity index (χ1n) is 7.73. The van der Waals surface area contributed by atoms with Gasteiger partial charge >= 0.3 is 0 Å². The van der Waals surface area contributed by atoms with Gasteiger partial charge in [0.05, 0.1) is 0 Å². The first kappa shape index (κ1) is 15.9. The van der Waals surface area contributed by atoms with Crippen LogP contribution in [-0.2, 0) is 17.0 Å². The number of thioether (sulfide) groups is 1. The van der Waals surface area contributed by atoms with Crippen molar-refractivity contribution in [1.29, 1.82) is 0 Å². The summed E-state index contributed by atoms with van der Waals surface area (Å²) in [5.74, 6) is 1.21. The number of carbonyl (C=O) groups is 1. The molecule has 120 valence electrons. The molecule has 0 unspecified atom stereocenters. The third kappa shape index (κ3) is 3.52. The number of hydrogen-bond acceptors (Lipinski definition) is 4. The van der Waals surface area contributed by atoms with E-state index in [-0.39, 0.29) is 11.6 Å². The summed E-state index contributed by atoms with van der Waals surface area (Å²) in [7, 11) is 0. The fourth-order valence-electron chi connectivity index (χ4n) is 2.60. The van der Waals surface area contributed by atoms with Crippen LogP contribution in [0.5, 0.6) is 0 Å². The summed E-state index contributed by atoms with van der Waals surface area (Å²) in [6.07, 6.45) is 4.49. The molecule has 1 aromatic heterocycles. The van der Waals surface area contributed by atoms with Crippen molar-refractivity contribution in [3.05, 3.63) is 47.5 Å². The van der Waals surface area contributed by atoms with Gasteiger partial charge in [-0.3, -0.25) is 9.36 Å². The van der Waals surface area contributed by atoms with Gasteiger partial charge in [0.25, 0.3) is 0 Å². The number of carbonyl (C=O) groups excluding carboxylic acids is 1. The Labute approximate surface area is 138 Å². The molecule has 2 heterocycles. The number of fused-ring (bicyclic) bond motifs is 1. The van der Waals surface area contributed by atoms with Crippen LogP contribution in [0.4, 0.5) is 4.39 Å². The fraction of sp³-hybridized carbons (Fsp3) is 0.353. The monoisotopic (exact) mass is 331 g/mol. The molecular formula is C17H18FN3OS. The lowest BCUT2D eigenvalue weighted by molar-refractivity contribution is -0.114. The van der Waals surface area contributed by atoms with Crippen LogP contribution in [0.15, 0.2) is 35.5 Å². The Morgan fingerprint density at radius 3 is 2.87 bits per heavy atom. The number of aromatic nitrogens is 3. The van der Waals surface area contributed by atoms with E-state index in [4.69, 9.17) is 0 Å². The van der Waals surface area contributed by atoms with Gasteiger partial charge in [0.15, 0.2) is 10.9 Å². The average Bonchev–Trinajstić information content (AvgIpc) is 2.87. The SMILES string of the molecule is CCCC1=CC(=O)CCc2nnc(SCc3ccccc3F)n21. The lowest BCUT2D eigenvalue weighted by Gasteiger charge is -2.11. The largest absolute Gasteiger partial charge is 0.295 e. The number of benzene rings is 1. The topological polar surface area (TPSA) is 47.8 Å².